The summed E-state index contributed by atoms with van der Waals surface area (Å²) in [5, 5.41) is 29.5. The van der Waals surface area contributed by atoms with Crippen molar-refractivity contribution in [2.75, 3.05) is 13.2 Å². The lowest BCUT2D eigenvalue weighted by atomic mass is 9.85. The summed E-state index contributed by atoms with van der Waals surface area (Å²) in [6.07, 6.45) is -3.48. The van der Waals surface area contributed by atoms with E-state index in [2.05, 4.69) is 0 Å². The zero-order valence-corrected chi connectivity index (χ0v) is 25.7. The number of carboxylic acids is 3. The Bertz CT molecular complexity index is 1560. The lowest BCUT2D eigenvalue weighted by molar-refractivity contribution is -0.224. The van der Waals surface area contributed by atoms with Gasteiger partial charge in [-0.25, -0.2) is 14.4 Å². The number of carbonyl (C=O) groups is 5. The van der Waals surface area contributed by atoms with Crippen LogP contribution in [0.5, 0.6) is 11.5 Å². The topological polar surface area (TPSA) is 186 Å². The minimum absolute atomic E-state index is 0.294. The lowest BCUT2D eigenvalue weighted by Gasteiger charge is -2.36. The van der Waals surface area contributed by atoms with Crippen LogP contribution in [0.15, 0.2) is 84.9 Å². The summed E-state index contributed by atoms with van der Waals surface area (Å²) in [5.74, 6) is -10.6. The van der Waals surface area contributed by atoms with Crippen LogP contribution in [0.3, 0.4) is 0 Å². The molecule has 1 aliphatic rings. The van der Waals surface area contributed by atoms with E-state index in [-0.39, 0.29) is 6.61 Å². The Labute approximate surface area is 270 Å². The Morgan fingerprint density at radius 3 is 1.96 bits per heavy atom. The number of hydrogen-bond acceptors (Lipinski definition) is 9. The largest absolute Gasteiger partial charge is 0.480 e. The quantitative estimate of drug-likeness (QED) is 0.160. The number of carbonyl (C=O) groups excluding carboxylic acids is 2. The van der Waals surface area contributed by atoms with Crippen LogP contribution >= 0.6 is 0 Å². The molecule has 3 aromatic carbocycles. The highest BCUT2D eigenvalue weighted by Gasteiger charge is 2.65. The van der Waals surface area contributed by atoms with Gasteiger partial charge in [0.1, 0.15) is 18.0 Å². The van der Waals surface area contributed by atoms with Crippen LogP contribution in [0.25, 0.3) is 0 Å². The molecule has 13 nitrogen and oxygen atoms in total. The summed E-state index contributed by atoms with van der Waals surface area (Å²) < 4.78 is 21.0. The number of aryl methyl sites for hydroxylation is 1. The summed E-state index contributed by atoms with van der Waals surface area (Å²) >= 11 is 0. The average molecular weight is 650 g/mol. The summed E-state index contributed by atoms with van der Waals surface area (Å²) in [5.41, 5.74) is 1.71. The number of amides is 1. The molecule has 1 amide bonds. The second kappa shape index (κ2) is 15.3. The van der Waals surface area contributed by atoms with Gasteiger partial charge in [0.15, 0.2) is 12.2 Å². The Morgan fingerprint density at radius 1 is 0.830 bits per heavy atom. The molecule has 47 heavy (non-hydrogen) atoms. The second-order valence-electron chi connectivity index (χ2n) is 10.8. The minimum Gasteiger partial charge on any atom is -0.480 e. The van der Waals surface area contributed by atoms with Crippen LogP contribution in [-0.4, -0.2) is 87.2 Å². The van der Waals surface area contributed by atoms with Crippen molar-refractivity contribution in [3.8, 4) is 11.5 Å². The molecule has 0 unspecified atom stereocenters. The summed E-state index contributed by atoms with van der Waals surface area (Å²) in [4.78, 5) is 63.9. The number of aliphatic carboxylic acids is 3. The van der Waals surface area contributed by atoms with Gasteiger partial charge in [-0.1, -0.05) is 60.7 Å². The van der Waals surface area contributed by atoms with Crippen LogP contribution in [0.2, 0.25) is 0 Å². The van der Waals surface area contributed by atoms with E-state index in [1.807, 2.05) is 48.5 Å². The van der Waals surface area contributed by atoms with Crippen molar-refractivity contribution >= 4 is 29.8 Å². The highest BCUT2D eigenvalue weighted by molar-refractivity contribution is 6.03. The minimum atomic E-state index is -3.25. The molecule has 1 saturated heterocycles. The number of esters is 1. The van der Waals surface area contributed by atoms with Crippen LogP contribution in [-0.2, 0) is 44.6 Å². The molecule has 5 atom stereocenters. The highest BCUT2D eigenvalue weighted by atomic mass is 16.8. The molecule has 3 aromatic rings. The zero-order chi connectivity index (χ0) is 34.1. The van der Waals surface area contributed by atoms with Gasteiger partial charge >= 0.3 is 29.7 Å². The predicted octanol–water partition coefficient (Wildman–Crippen LogP) is 3.71. The second-order valence-corrected chi connectivity index (χ2v) is 10.8. The number of ether oxygens (including phenoxy) is 4. The van der Waals surface area contributed by atoms with Crippen molar-refractivity contribution < 1.29 is 58.2 Å². The van der Waals surface area contributed by atoms with Gasteiger partial charge in [0.05, 0.1) is 6.61 Å². The third kappa shape index (κ3) is 8.12. The average Bonchev–Trinajstić information content (AvgIpc) is 3.48. The van der Waals surface area contributed by atoms with Gasteiger partial charge in [0.2, 0.25) is 0 Å². The number of benzene rings is 3. The molecule has 1 aliphatic heterocycles. The third-order valence-electron chi connectivity index (χ3n) is 7.71. The lowest BCUT2D eigenvalue weighted by Crippen LogP contribution is -2.53. The molecule has 13 heteroatoms. The van der Waals surface area contributed by atoms with Crippen LogP contribution in [0.4, 0.5) is 0 Å². The summed E-state index contributed by atoms with van der Waals surface area (Å²) in [6.45, 7) is 1.80. The SMILES string of the molecule is CCOC(=O)[C@@]1(C(=O)O)O[C@H](C(=O)O)[C@@H](C(=O)N(CC(=O)O)[C@H](C)[C@H](CCc2ccccc2)c2ccc(Oc3ccccc3)cc2)O1. The van der Waals surface area contributed by atoms with E-state index in [1.54, 1.807) is 43.3 Å². The highest BCUT2D eigenvalue weighted by Crippen LogP contribution is 2.35. The summed E-state index contributed by atoms with van der Waals surface area (Å²) in [6, 6.07) is 24.8. The molecular formula is C34H35NO12. The smallest absolute Gasteiger partial charge is 0.379 e. The molecule has 0 spiro atoms. The standard InChI is InChI=1S/C34H35NO12/c1-3-44-33(43)34(32(41)42)46-28(29(47-34)31(39)40)30(38)35(20-27(36)37)21(2)26(19-14-22-10-6-4-7-11-22)23-15-17-25(18-16-23)45-24-12-8-5-9-13-24/h4-13,15-18,21,26,28-29H,3,14,19-20H2,1-2H3,(H,36,37)(H,39,40)(H,41,42)/t21-,26+,28+,29+,34-/m1/s1. The van der Waals surface area contributed by atoms with Gasteiger partial charge in [-0.2, -0.15) is 0 Å². The molecule has 248 valence electrons. The normalized spacial score (nSPS) is 20.0. The van der Waals surface area contributed by atoms with E-state index in [0.29, 0.717) is 24.3 Å². The fraction of sp³-hybridized carbons (Fsp3) is 0.324. The molecule has 1 heterocycles. The van der Waals surface area contributed by atoms with Gasteiger partial charge in [0.25, 0.3) is 5.91 Å². The van der Waals surface area contributed by atoms with Gasteiger partial charge in [-0.15, -0.1) is 0 Å². The van der Waals surface area contributed by atoms with Crippen molar-refractivity contribution in [1.82, 2.24) is 4.90 Å². The first-order chi connectivity index (χ1) is 22.5. The van der Waals surface area contributed by atoms with Gasteiger partial charge < -0.3 is 39.2 Å². The number of rotatable bonds is 15. The molecule has 1 fully saturated rings. The fourth-order valence-corrected chi connectivity index (χ4v) is 5.39. The van der Waals surface area contributed by atoms with E-state index in [1.165, 1.54) is 6.92 Å². The van der Waals surface area contributed by atoms with Crippen molar-refractivity contribution in [2.24, 2.45) is 0 Å². The van der Waals surface area contributed by atoms with Crippen molar-refractivity contribution in [3.63, 3.8) is 0 Å². The molecule has 4 rings (SSSR count). The molecule has 0 aliphatic carbocycles. The predicted molar refractivity (Wildman–Crippen MR) is 164 cm³/mol. The maximum Gasteiger partial charge on any atom is 0.379 e. The molecule has 0 saturated carbocycles. The monoisotopic (exact) mass is 649 g/mol. The van der Waals surface area contributed by atoms with E-state index >= 15 is 0 Å². The van der Waals surface area contributed by atoms with Gasteiger partial charge in [0, 0.05) is 12.0 Å². The molecule has 3 N–H and O–H groups in total. The first-order valence-corrected chi connectivity index (χ1v) is 14.8. The maximum absolute atomic E-state index is 14.0. The Kier molecular flexibility index (Phi) is 11.3. The number of para-hydroxylation sites is 1. The number of carboxylic acid groups (broad SMARTS) is 3. The maximum atomic E-state index is 14.0. The van der Waals surface area contributed by atoms with Crippen LogP contribution in [0, 0.1) is 0 Å². The first-order valence-electron chi connectivity index (χ1n) is 14.8. The van der Waals surface area contributed by atoms with E-state index in [9.17, 15) is 39.3 Å². The van der Waals surface area contributed by atoms with E-state index < -0.39 is 66.3 Å². The van der Waals surface area contributed by atoms with Crippen molar-refractivity contribution in [1.29, 1.82) is 0 Å². The number of hydrogen-bond donors (Lipinski definition) is 3. The Balaban J connectivity index is 1.69. The molecule has 0 aromatic heterocycles. The van der Waals surface area contributed by atoms with Gasteiger partial charge in [-0.3, -0.25) is 9.59 Å². The third-order valence-corrected chi connectivity index (χ3v) is 7.71. The van der Waals surface area contributed by atoms with E-state index in [0.717, 1.165) is 16.0 Å². The number of nitrogens with zero attached hydrogens (tertiary/aromatic N) is 1. The Hall–Kier alpha value is -5.27. The molecular weight excluding hydrogens is 614 g/mol. The van der Waals surface area contributed by atoms with Gasteiger partial charge in [-0.05, 0) is 62.1 Å². The first kappa shape index (κ1) is 34.6. The zero-order valence-electron chi connectivity index (χ0n) is 25.7. The fourth-order valence-electron chi connectivity index (χ4n) is 5.39. The van der Waals surface area contributed by atoms with Crippen LogP contribution in [0.1, 0.15) is 37.3 Å². The van der Waals surface area contributed by atoms with Crippen LogP contribution < -0.4 is 4.74 Å². The van der Waals surface area contributed by atoms with E-state index in [4.69, 9.17) is 18.9 Å². The Morgan fingerprint density at radius 2 is 1.40 bits per heavy atom. The molecule has 0 bridgehead atoms. The van der Waals surface area contributed by atoms with Crippen molar-refractivity contribution in [3.05, 3.63) is 96.1 Å². The van der Waals surface area contributed by atoms with Crippen molar-refractivity contribution in [2.45, 2.75) is 56.6 Å². The molecule has 0 radical (unpaired) electrons. The summed E-state index contributed by atoms with van der Waals surface area (Å²) in [7, 11) is 0.